The molecule has 0 spiro atoms. The summed E-state index contributed by atoms with van der Waals surface area (Å²) in [6.07, 6.45) is 7.23. The number of benzene rings is 1. The molecule has 7 nitrogen and oxygen atoms in total. The zero-order valence-corrected chi connectivity index (χ0v) is 20.9. The second kappa shape index (κ2) is 9.92. The Balaban J connectivity index is 1.25. The largest absolute Gasteiger partial charge is 0.493 e. The van der Waals surface area contributed by atoms with Crippen LogP contribution in [-0.4, -0.2) is 76.9 Å². The molecule has 3 aromatic rings. The van der Waals surface area contributed by atoms with Gasteiger partial charge < -0.3 is 19.3 Å². The fourth-order valence-electron chi connectivity index (χ4n) is 5.60. The van der Waals surface area contributed by atoms with E-state index >= 15 is 0 Å². The van der Waals surface area contributed by atoms with Crippen LogP contribution in [0.25, 0.3) is 17.0 Å². The molecule has 0 saturated carbocycles. The predicted molar refractivity (Wildman–Crippen MR) is 135 cm³/mol. The van der Waals surface area contributed by atoms with Crippen LogP contribution in [0.1, 0.15) is 51.0 Å². The molecule has 182 valence electrons. The number of ether oxygens (including phenoxy) is 2. The van der Waals surface area contributed by atoms with Gasteiger partial charge in [0.05, 0.1) is 14.2 Å². The van der Waals surface area contributed by atoms with E-state index in [9.17, 15) is 0 Å². The minimum absolute atomic E-state index is 0.588. The van der Waals surface area contributed by atoms with Crippen LogP contribution in [0.2, 0.25) is 0 Å². The first-order chi connectivity index (χ1) is 16.6. The second-order valence-electron chi connectivity index (χ2n) is 9.94. The van der Waals surface area contributed by atoms with E-state index in [0.717, 1.165) is 17.3 Å². The van der Waals surface area contributed by atoms with E-state index in [1.54, 1.807) is 14.2 Å². The van der Waals surface area contributed by atoms with Crippen LogP contribution in [0.5, 0.6) is 11.5 Å². The van der Waals surface area contributed by atoms with Gasteiger partial charge in [-0.3, -0.25) is 0 Å². The molecule has 5 rings (SSSR count). The molecule has 2 fully saturated rings. The normalized spacial score (nSPS) is 19.2. The summed E-state index contributed by atoms with van der Waals surface area (Å²) >= 11 is 0. The highest BCUT2D eigenvalue weighted by molar-refractivity contribution is 5.63. The smallest absolute Gasteiger partial charge is 0.182 e. The third-order valence-electron chi connectivity index (χ3n) is 7.74. The molecular formula is C27H37N5O2. The average molecular weight is 464 g/mol. The molecule has 1 aromatic carbocycles. The molecule has 2 aromatic heterocycles. The van der Waals surface area contributed by atoms with Crippen molar-refractivity contribution in [3.8, 4) is 22.9 Å². The summed E-state index contributed by atoms with van der Waals surface area (Å²) in [7, 11) is 3.28. The molecule has 7 heteroatoms. The van der Waals surface area contributed by atoms with E-state index in [0.29, 0.717) is 29.3 Å². The minimum atomic E-state index is 0.588. The summed E-state index contributed by atoms with van der Waals surface area (Å²) in [4.78, 5) is 10.1. The van der Waals surface area contributed by atoms with Crippen molar-refractivity contribution in [1.82, 2.24) is 24.4 Å². The van der Waals surface area contributed by atoms with E-state index in [2.05, 4.69) is 42.0 Å². The molecule has 0 amide bonds. The number of hydrogen-bond acceptors (Lipinski definition) is 6. The second-order valence-corrected chi connectivity index (χ2v) is 9.94. The Labute approximate surface area is 202 Å². The quantitative estimate of drug-likeness (QED) is 0.538. The minimum Gasteiger partial charge on any atom is -0.493 e. The maximum absolute atomic E-state index is 5.45. The van der Waals surface area contributed by atoms with Crippen molar-refractivity contribution in [3.63, 3.8) is 0 Å². The van der Waals surface area contributed by atoms with Gasteiger partial charge in [-0.25, -0.2) is 9.50 Å². The van der Waals surface area contributed by atoms with Crippen LogP contribution in [0.15, 0.2) is 36.5 Å². The van der Waals surface area contributed by atoms with Crippen molar-refractivity contribution >= 4 is 5.65 Å². The highest BCUT2D eigenvalue weighted by Gasteiger charge is 2.29. The van der Waals surface area contributed by atoms with Crippen molar-refractivity contribution in [3.05, 3.63) is 42.1 Å². The molecule has 0 aliphatic carbocycles. The lowest BCUT2D eigenvalue weighted by Gasteiger charge is -2.42. The lowest BCUT2D eigenvalue weighted by molar-refractivity contribution is 0.0753. The SMILES string of the molecule is COc1ccc(-c2nc3ccc(C4CCN(C5CCN(C(C)C)CC5)CC4)cn3n2)cc1OC. The number of fused-ring (bicyclic) bond motifs is 1. The van der Waals surface area contributed by atoms with E-state index < -0.39 is 0 Å². The maximum Gasteiger partial charge on any atom is 0.182 e. The highest BCUT2D eigenvalue weighted by atomic mass is 16.5. The third kappa shape index (κ3) is 4.64. The molecule has 0 N–H and O–H groups in total. The molecule has 2 aliphatic rings. The van der Waals surface area contributed by atoms with Gasteiger partial charge in [0.2, 0.25) is 0 Å². The molecule has 0 bridgehead atoms. The van der Waals surface area contributed by atoms with Crippen LogP contribution < -0.4 is 9.47 Å². The Hall–Kier alpha value is -2.64. The summed E-state index contributed by atoms with van der Waals surface area (Å²) in [5, 5.41) is 4.77. The fourth-order valence-corrected chi connectivity index (χ4v) is 5.60. The van der Waals surface area contributed by atoms with Gasteiger partial charge in [-0.15, -0.1) is 5.10 Å². The standard InChI is InChI=1S/C27H37N5O2/c1-19(2)30-15-11-23(12-16-30)31-13-9-20(10-14-31)22-6-8-26-28-27(29-32(26)18-22)21-5-7-24(33-3)25(17-21)34-4/h5-8,17-20,23H,9-16H2,1-4H3. The Bertz CT molecular complexity index is 1110. The monoisotopic (exact) mass is 463 g/mol. The van der Waals surface area contributed by atoms with Crippen LogP contribution in [-0.2, 0) is 0 Å². The lowest BCUT2D eigenvalue weighted by Crippen LogP contribution is -2.48. The highest BCUT2D eigenvalue weighted by Crippen LogP contribution is 2.33. The molecule has 2 saturated heterocycles. The van der Waals surface area contributed by atoms with Crippen molar-refractivity contribution in [2.75, 3.05) is 40.4 Å². The van der Waals surface area contributed by atoms with E-state index in [1.165, 1.54) is 57.4 Å². The van der Waals surface area contributed by atoms with Crippen molar-refractivity contribution in [2.24, 2.45) is 0 Å². The van der Waals surface area contributed by atoms with E-state index in [1.807, 2.05) is 22.7 Å². The Morgan fingerprint density at radius 3 is 2.29 bits per heavy atom. The zero-order chi connectivity index (χ0) is 23.7. The maximum atomic E-state index is 5.45. The van der Waals surface area contributed by atoms with Gasteiger partial charge in [0.15, 0.2) is 23.0 Å². The summed E-state index contributed by atoms with van der Waals surface area (Å²) in [5.74, 6) is 2.67. The van der Waals surface area contributed by atoms with Crippen LogP contribution in [0, 0.1) is 0 Å². The van der Waals surface area contributed by atoms with Crippen molar-refractivity contribution in [2.45, 2.75) is 57.5 Å². The number of methoxy groups -OCH3 is 2. The molecule has 34 heavy (non-hydrogen) atoms. The number of hydrogen-bond donors (Lipinski definition) is 0. The van der Waals surface area contributed by atoms with Gasteiger partial charge >= 0.3 is 0 Å². The Morgan fingerprint density at radius 2 is 1.62 bits per heavy atom. The zero-order valence-electron chi connectivity index (χ0n) is 20.9. The van der Waals surface area contributed by atoms with Gasteiger partial charge in [-0.1, -0.05) is 6.07 Å². The van der Waals surface area contributed by atoms with E-state index in [-0.39, 0.29) is 0 Å². The lowest BCUT2D eigenvalue weighted by atomic mass is 9.88. The number of aromatic nitrogens is 3. The number of pyridine rings is 1. The topological polar surface area (TPSA) is 55.1 Å². The summed E-state index contributed by atoms with van der Waals surface area (Å²) < 4.78 is 12.7. The number of nitrogens with zero attached hydrogens (tertiary/aromatic N) is 5. The van der Waals surface area contributed by atoms with Crippen LogP contribution in [0.4, 0.5) is 0 Å². The Morgan fingerprint density at radius 1 is 0.882 bits per heavy atom. The van der Waals surface area contributed by atoms with Crippen LogP contribution in [0.3, 0.4) is 0 Å². The predicted octanol–water partition coefficient (Wildman–Crippen LogP) is 4.47. The molecule has 0 radical (unpaired) electrons. The molecular weight excluding hydrogens is 426 g/mol. The van der Waals surface area contributed by atoms with Gasteiger partial charge in [0.25, 0.3) is 0 Å². The molecule has 2 aliphatic heterocycles. The third-order valence-corrected chi connectivity index (χ3v) is 7.74. The summed E-state index contributed by atoms with van der Waals surface area (Å²) in [5.41, 5.74) is 3.15. The van der Waals surface area contributed by atoms with Crippen molar-refractivity contribution in [1.29, 1.82) is 0 Å². The molecule has 0 atom stereocenters. The summed E-state index contributed by atoms with van der Waals surface area (Å²) in [6.45, 7) is 9.51. The number of rotatable bonds is 6. The number of likely N-dealkylation sites (tertiary alicyclic amines) is 2. The number of piperidine rings is 2. The van der Waals surface area contributed by atoms with Gasteiger partial charge in [0, 0.05) is 23.8 Å². The fraction of sp³-hybridized carbons (Fsp3) is 0.556. The van der Waals surface area contributed by atoms with Gasteiger partial charge in [-0.05, 0) is 101 Å². The first-order valence-electron chi connectivity index (χ1n) is 12.6. The first kappa shape index (κ1) is 23.1. The molecule has 0 unspecified atom stereocenters. The first-order valence-corrected chi connectivity index (χ1v) is 12.6. The summed E-state index contributed by atoms with van der Waals surface area (Å²) in [6, 6.07) is 11.6. The van der Waals surface area contributed by atoms with Crippen LogP contribution >= 0.6 is 0 Å². The van der Waals surface area contributed by atoms with Gasteiger partial charge in [-0.2, -0.15) is 0 Å². The van der Waals surface area contributed by atoms with E-state index in [4.69, 9.17) is 19.6 Å². The van der Waals surface area contributed by atoms with Crippen molar-refractivity contribution < 1.29 is 9.47 Å². The molecule has 4 heterocycles. The van der Waals surface area contributed by atoms with Gasteiger partial charge in [0.1, 0.15) is 0 Å². The Kier molecular flexibility index (Phi) is 6.75. The average Bonchev–Trinajstić information content (AvgIpc) is 3.32.